The van der Waals surface area contributed by atoms with Crippen molar-refractivity contribution in [2.45, 2.75) is 33.6 Å². The number of sulfone groups is 1. The molecule has 0 aliphatic carbocycles. The maximum absolute atomic E-state index is 12.3. The Labute approximate surface area is 132 Å². The zero-order valence-electron chi connectivity index (χ0n) is 13.7. The second kappa shape index (κ2) is 6.18. The van der Waals surface area contributed by atoms with Crippen LogP contribution in [-0.4, -0.2) is 67.7 Å². The van der Waals surface area contributed by atoms with Crippen LogP contribution in [-0.2, 0) is 19.4 Å². The lowest BCUT2D eigenvalue weighted by Gasteiger charge is -2.38. The average Bonchev–Trinajstić information content (AvgIpc) is 2.76. The van der Waals surface area contributed by atoms with Gasteiger partial charge in [-0.05, 0) is 12.3 Å². The summed E-state index contributed by atoms with van der Waals surface area (Å²) in [5, 5.41) is 0. The zero-order valence-corrected chi connectivity index (χ0v) is 14.5. The molecule has 0 aromatic heterocycles. The van der Waals surface area contributed by atoms with E-state index in [0.717, 1.165) is 0 Å². The summed E-state index contributed by atoms with van der Waals surface area (Å²) in [6.07, 6.45) is 0.906. The largest absolute Gasteiger partial charge is 0.339 e. The maximum atomic E-state index is 12.3. The molecular formula is C15H26N2O4S. The predicted molar refractivity (Wildman–Crippen MR) is 84.0 cm³/mol. The van der Waals surface area contributed by atoms with Crippen molar-refractivity contribution in [3.8, 4) is 0 Å². The van der Waals surface area contributed by atoms with Gasteiger partial charge in [-0.25, -0.2) is 8.42 Å². The van der Waals surface area contributed by atoms with Gasteiger partial charge in [0.2, 0.25) is 11.8 Å². The summed E-state index contributed by atoms with van der Waals surface area (Å²) < 4.78 is 22.9. The van der Waals surface area contributed by atoms with Gasteiger partial charge in [0.15, 0.2) is 9.84 Å². The number of rotatable bonds is 2. The molecule has 2 amide bonds. The molecule has 7 heteroatoms. The van der Waals surface area contributed by atoms with E-state index >= 15 is 0 Å². The number of hydrogen-bond acceptors (Lipinski definition) is 4. The van der Waals surface area contributed by atoms with Crippen molar-refractivity contribution in [3.05, 3.63) is 0 Å². The van der Waals surface area contributed by atoms with E-state index in [1.54, 1.807) is 4.90 Å². The number of amides is 2. The van der Waals surface area contributed by atoms with Crippen LogP contribution < -0.4 is 0 Å². The maximum Gasteiger partial charge on any atom is 0.228 e. The van der Waals surface area contributed by atoms with Gasteiger partial charge >= 0.3 is 0 Å². The molecule has 0 N–H and O–H groups in total. The van der Waals surface area contributed by atoms with Gasteiger partial charge in [-0.2, -0.15) is 0 Å². The third-order valence-electron chi connectivity index (χ3n) is 4.35. The first-order chi connectivity index (χ1) is 10.1. The van der Waals surface area contributed by atoms with Crippen LogP contribution in [0.15, 0.2) is 0 Å². The molecule has 22 heavy (non-hydrogen) atoms. The van der Waals surface area contributed by atoms with Crippen molar-refractivity contribution < 1.29 is 18.0 Å². The Hall–Kier alpha value is -1.11. The number of carbonyl (C=O) groups is 2. The highest BCUT2D eigenvalue weighted by Crippen LogP contribution is 2.23. The van der Waals surface area contributed by atoms with Crippen molar-refractivity contribution in [2.75, 3.05) is 37.7 Å². The lowest BCUT2D eigenvalue weighted by Crippen LogP contribution is -2.53. The standard InChI is InChI=1S/C15H26N2O4S/c1-15(2,3)14(19)17-7-5-16(6-8-17)13(18)10-12-4-9-22(20,21)11-12/h12H,4-11H2,1-3H3. The van der Waals surface area contributed by atoms with E-state index in [0.29, 0.717) is 39.0 Å². The molecule has 6 nitrogen and oxygen atoms in total. The Kier molecular flexibility index (Phi) is 4.84. The van der Waals surface area contributed by atoms with Crippen LogP contribution in [0.5, 0.6) is 0 Å². The van der Waals surface area contributed by atoms with Crippen LogP contribution in [0.3, 0.4) is 0 Å². The summed E-state index contributed by atoms with van der Waals surface area (Å²) in [6, 6.07) is 0. The van der Waals surface area contributed by atoms with Crippen LogP contribution in [0, 0.1) is 11.3 Å². The molecule has 1 atom stereocenters. The monoisotopic (exact) mass is 330 g/mol. The van der Waals surface area contributed by atoms with Gasteiger partial charge in [0.25, 0.3) is 0 Å². The van der Waals surface area contributed by atoms with Crippen LogP contribution in [0.2, 0.25) is 0 Å². The summed E-state index contributed by atoms with van der Waals surface area (Å²) in [4.78, 5) is 28.0. The van der Waals surface area contributed by atoms with Crippen molar-refractivity contribution in [1.29, 1.82) is 0 Å². The van der Waals surface area contributed by atoms with Crippen LogP contribution in [0.1, 0.15) is 33.6 Å². The Morgan fingerprint density at radius 1 is 1.05 bits per heavy atom. The van der Waals surface area contributed by atoms with Crippen molar-refractivity contribution in [1.82, 2.24) is 9.80 Å². The Morgan fingerprint density at radius 2 is 1.59 bits per heavy atom. The Balaban J connectivity index is 1.82. The second-order valence-electron chi connectivity index (χ2n) is 7.40. The minimum absolute atomic E-state index is 0.0185. The first kappa shape index (κ1) is 17.2. The van der Waals surface area contributed by atoms with Crippen molar-refractivity contribution in [2.24, 2.45) is 11.3 Å². The smallest absolute Gasteiger partial charge is 0.228 e. The highest BCUT2D eigenvalue weighted by molar-refractivity contribution is 7.91. The molecule has 2 fully saturated rings. The molecule has 0 aromatic carbocycles. The summed E-state index contributed by atoms with van der Waals surface area (Å²) >= 11 is 0. The fourth-order valence-corrected chi connectivity index (χ4v) is 4.90. The molecular weight excluding hydrogens is 304 g/mol. The summed E-state index contributed by atoms with van der Waals surface area (Å²) in [6.45, 7) is 7.89. The molecule has 2 aliphatic rings. The molecule has 0 saturated carbocycles. The van der Waals surface area contributed by atoms with E-state index in [-0.39, 0.29) is 29.2 Å². The molecule has 0 aromatic rings. The minimum atomic E-state index is -2.93. The van der Waals surface area contributed by atoms with E-state index in [2.05, 4.69) is 0 Å². The van der Waals surface area contributed by atoms with E-state index in [1.165, 1.54) is 0 Å². The van der Waals surface area contributed by atoms with Gasteiger partial charge in [0, 0.05) is 38.0 Å². The zero-order chi connectivity index (χ0) is 16.5. The van der Waals surface area contributed by atoms with E-state index in [4.69, 9.17) is 0 Å². The third-order valence-corrected chi connectivity index (χ3v) is 6.19. The van der Waals surface area contributed by atoms with Gasteiger partial charge in [-0.3, -0.25) is 9.59 Å². The van der Waals surface area contributed by atoms with Crippen LogP contribution >= 0.6 is 0 Å². The summed E-state index contributed by atoms with van der Waals surface area (Å²) in [5.41, 5.74) is -0.398. The number of carbonyl (C=O) groups excluding carboxylic acids is 2. The SMILES string of the molecule is CC(C)(C)C(=O)N1CCN(C(=O)CC2CCS(=O)(=O)C2)CC1. The summed E-state index contributed by atoms with van der Waals surface area (Å²) in [7, 11) is -2.93. The first-order valence-electron chi connectivity index (χ1n) is 7.86. The lowest BCUT2D eigenvalue weighted by molar-refractivity contribution is -0.145. The molecule has 2 saturated heterocycles. The van der Waals surface area contributed by atoms with Crippen LogP contribution in [0.4, 0.5) is 0 Å². The molecule has 0 radical (unpaired) electrons. The quantitative estimate of drug-likeness (QED) is 0.740. The molecule has 0 spiro atoms. The van der Waals surface area contributed by atoms with Gasteiger partial charge in [0.05, 0.1) is 11.5 Å². The van der Waals surface area contributed by atoms with E-state index < -0.39 is 15.3 Å². The third kappa shape index (κ3) is 4.21. The number of hydrogen-bond donors (Lipinski definition) is 0. The van der Waals surface area contributed by atoms with Gasteiger partial charge in [-0.1, -0.05) is 20.8 Å². The van der Waals surface area contributed by atoms with E-state index in [9.17, 15) is 18.0 Å². The van der Waals surface area contributed by atoms with Crippen molar-refractivity contribution >= 4 is 21.7 Å². The number of nitrogens with zero attached hydrogens (tertiary/aromatic N) is 2. The molecule has 126 valence electrons. The average molecular weight is 330 g/mol. The topological polar surface area (TPSA) is 74.8 Å². The molecule has 2 aliphatic heterocycles. The fraction of sp³-hybridized carbons (Fsp3) is 0.867. The highest BCUT2D eigenvalue weighted by Gasteiger charge is 2.33. The Bertz CT molecular complexity index is 542. The first-order valence-corrected chi connectivity index (χ1v) is 9.68. The lowest BCUT2D eigenvalue weighted by atomic mass is 9.94. The van der Waals surface area contributed by atoms with Gasteiger partial charge in [-0.15, -0.1) is 0 Å². The number of piperazine rings is 1. The molecule has 1 unspecified atom stereocenters. The molecule has 2 heterocycles. The molecule has 2 rings (SSSR count). The van der Waals surface area contributed by atoms with E-state index in [1.807, 2.05) is 25.7 Å². The Morgan fingerprint density at radius 3 is 2.05 bits per heavy atom. The van der Waals surface area contributed by atoms with Crippen LogP contribution in [0.25, 0.3) is 0 Å². The molecule has 0 bridgehead atoms. The minimum Gasteiger partial charge on any atom is -0.339 e. The highest BCUT2D eigenvalue weighted by atomic mass is 32.2. The predicted octanol–water partition coefficient (Wildman–Crippen LogP) is 0.528. The fourth-order valence-electron chi connectivity index (χ4n) is 3.04. The van der Waals surface area contributed by atoms with Gasteiger partial charge in [0.1, 0.15) is 0 Å². The summed E-state index contributed by atoms with van der Waals surface area (Å²) in [5.74, 6) is 0.443. The normalized spacial score (nSPS) is 25.3. The van der Waals surface area contributed by atoms with Crippen molar-refractivity contribution in [3.63, 3.8) is 0 Å². The second-order valence-corrected chi connectivity index (χ2v) is 9.62. The van der Waals surface area contributed by atoms with Gasteiger partial charge < -0.3 is 9.80 Å².